The molecule has 6 nitrogen and oxygen atoms in total. The predicted octanol–water partition coefficient (Wildman–Crippen LogP) is 5.52. The number of hydrogen-bond donors (Lipinski definition) is 2. The van der Waals surface area contributed by atoms with E-state index in [2.05, 4.69) is 55.1 Å². The van der Waals surface area contributed by atoms with Crippen molar-refractivity contribution in [1.29, 1.82) is 0 Å². The summed E-state index contributed by atoms with van der Waals surface area (Å²) in [7, 11) is 1.24. The second-order valence-electron chi connectivity index (χ2n) is 6.46. The van der Waals surface area contributed by atoms with Crippen molar-refractivity contribution in [3.05, 3.63) is 63.6 Å². The largest absolute Gasteiger partial charge is 0.507 e. The van der Waals surface area contributed by atoms with E-state index in [0.717, 1.165) is 6.54 Å². The van der Waals surface area contributed by atoms with Gasteiger partial charge >= 0.3 is 5.97 Å². The zero-order valence-electron chi connectivity index (χ0n) is 19.9. The zero-order chi connectivity index (χ0) is 24.4. The van der Waals surface area contributed by atoms with Gasteiger partial charge in [0.05, 0.1) is 7.11 Å². The number of phenolic OH excluding ortho intramolecular Hbond substituents is 1. The van der Waals surface area contributed by atoms with Crippen LogP contribution in [-0.4, -0.2) is 42.6 Å². The number of ether oxygens (including phenoxy) is 1. The van der Waals surface area contributed by atoms with Crippen LogP contribution >= 0.6 is 15.9 Å². The van der Waals surface area contributed by atoms with Crippen LogP contribution in [0.25, 0.3) is 0 Å². The summed E-state index contributed by atoms with van der Waals surface area (Å²) in [6.07, 6.45) is 3.30. The quantitative estimate of drug-likeness (QED) is 0.396. The van der Waals surface area contributed by atoms with Crippen LogP contribution < -0.4 is 5.32 Å². The minimum Gasteiger partial charge on any atom is -0.507 e. The molecule has 0 spiro atoms. The topological polar surface area (TPSA) is 78.9 Å². The third kappa shape index (κ3) is 11.3. The number of esters is 1. The van der Waals surface area contributed by atoms with Gasteiger partial charge in [-0.2, -0.15) is 0 Å². The van der Waals surface area contributed by atoms with Gasteiger partial charge in [-0.15, -0.1) is 0 Å². The van der Waals surface area contributed by atoms with E-state index < -0.39 is 5.97 Å². The van der Waals surface area contributed by atoms with E-state index in [0.29, 0.717) is 18.5 Å². The maximum absolute atomic E-state index is 11.1. The Hall–Kier alpha value is -2.38. The van der Waals surface area contributed by atoms with Gasteiger partial charge in [0.25, 0.3) is 0 Å². The minimum atomic E-state index is -0.595. The molecule has 1 saturated heterocycles. The summed E-state index contributed by atoms with van der Waals surface area (Å²) in [6.45, 7) is 12.0. The Morgan fingerprint density at radius 1 is 1.09 bits per heavy atom. The normalized spacial score (nSPS) is 12.1. The summed E-state index contributed by atoms with van der Waals surface area (Å²) in [5.74, 6) is -0.755. The molecule has 3 rings (SSSR count). The Bertz CT molecular complexity index is 793. The van der Waals surface area contributed by atoms with Gasteiger partial charge < -0.3 is 15.2 Å². The van der Waals surface area contributed by atoms with Crippen molar-refractivity contribution in [3.63, 3.8) is 0 Å². The highest BCUT2D eigenvalue weighted by atomic mass is 79.9. The summed E-state index contributed by atoms with van der Waals surface area (Å²) in [5, 5.41) is 11.9. The van der Waals surface area contributed by atoms with Crippen LogP contribution in [0.2, 0.25) is 0 Å². The molecule has 0 saturated carbocycles. The lowest BCUT2D eigenvalue weighted by molar-refractivity contribution is -0.109. The van der Waals surface area contributed by atoms with E-state index in [9.17, 15) is 14.7 Å². The number of rotatable bonds is 6. The first-order valence-corrected chi connectivity index (χ1v) is 11.9. The fourth-order valence-corrected chi connectivity index (χ4v) is 3.41. The Balaban J connectivity index is 0.000000523. The molecule has 32 heavy (non-hydrogen) atoms. The lowest BCUT2D eigenvalue weighted by Gasteiger charge is -2.14. The van der Waals surface area contributed by atoms with Crippen LogP contribution in [0, 0.1) is 0 Å². The molecule has 0 unspecified atom stereocenters. The summed E-state index contributed by atoms with van der Waals surface area (Å²) in [4.78, 5) is 23.7. The molecule has 0 radical (unpaired) electrons. The van der Waals surface area contributed by atoms with Crippen LogP contribution in [0.3, 0.4) is 0 Å². The molecule has 7 heteroatoms. The fraction of sp³-hybridized carbons (Fsp3) is 0.440. The van der Waals surface area contributed by atoms with Crippen molar-refractivity contribution in [2.75, 3.05) is 20.2 Å². The number of carbonyl (C=O) groups excluding carboxylic acids is 2. The van der Waals surface area contributed by atoms with Crippen LogP contribution in [0.15, 0.2) is 46.9 Å². The SMILES string of the molecule is Brc1cccc(CN2CCCC2)c1.CC.CC.COC(=O)c1ccc(CNC=O)cc1O. The van der Waals surface area contributed by atoms with E-state index in [4.69, 9.17) is 0 Å². The molecule has 178 valence electrons. The molecule has 2 aromatic carbocycles. The summed E-state index contributed by atoms with van der Waals surface area (Å²) in [6, 6.07) is 13.1. The molecule has 0 aromatic heterocycles. The molecule has 1 heterocycles. The van der Waals surface area contributed by atoms with Gasteiger partial charge in [-0.05, 0) is 61.3 Å². The van der Waals surface area contributed by atoms with Gasteiger partial charge in [-0.3, -0.25) is 9.69 Å². The van der Waals surface area contributed by atoms with E-state index in [-0.39, 0.29) is 11.3 Å². The smallest absolute Gasteiger partial charge is 0.341 e. The molecule has 1 amide bonds. The standard InChI is InChI=1S/C11H14BrN.C10H11NO4.2C2H6/c12-11-5-3-4-10(8-11)9-13-6-1-2-7-13;1-15-10(14)8-3-2-7(4-9(8)13)5-11-6-12;2*1-2/h3-5,8H,1-2,6-7,9H2;2-4,6,13H,5H2,1H3,(H,11,12);2*1-2H3. The summed E-state index contributed by atoms with van der Waals surface area (Å²) in [5.41, 5.74) is 2.22. The molecule has 1 aliphatic rings. The summed E-state index contributed by atoms with van der Waals surface area (Å²) >= 11 is 3.49. The first-order chi connectivity index (χ1) is 15.5. The molecule has 1 aliphatic heterocycles. The van der Waals surface area contributed by atoms with Gasteiger partial charge in [-0.25, -0.2) is 4.79 Å². The van der Waals surface area contributed by atoms with Crippen LogP contribution in [0.1, 0.15) is 62.0 Å². The Labute approximate surface area is 201 Å². The van der Waals surface area contributed by atoms with E-state index >= 15 is 0 Å². The molecule has 2 aromatic rings. The van der Waals surface area contributed by atoms with Crippen molar-refractivity contribution >= 4 is 28.3 Å². The molecule has 0 bridgehead atoms. The number of benzene rings is 2. The van der Waals surface area contributed by atoms with E-state index in [1.165, 1.54) is 55.2 Å². The van der Waals surface area contributed by atoms with Crippen molar-refractivity contribution < 1.29 is 19.4 Å². The Morgan fingerprint density at radius 2 is 1.75 bits per heavy atom. The number of halogens is 1. The number of nitrogens with zero attached hydrogens (tertiary/aromatic N) is 1. The van der Waals surface area contributed by atoms with Crippen molar-refractivity contribution in [2.24, 2.45) is 0 Å². The predicted molar refractivity (Wildman–Crippen MR) is 134 cm³/mol. The molecule has 1 fully saturated rings. The average Bonchev–Trinajstić information content (AvgIpc) is 3.33. The number of hydrogen-bond acceptors (Lipinski definition) is 5. The number of methoxy groups -OCH3 is 1. The number of phenols is 1. The maximum Gasteiger partial charge on any atom is 0.341 e. The van der Waals surface area contributed by atoms with Gasteiger partial charge in [0.15, 0.2) is 0 Å². The number of nitrogens with one attached hydrogen (secondary N) is 1. The number of likely N-dealkylation sites (tertiary alicyclic amines) is 1. The Morgan fingerprint density at radius 3 is 2.28 bits per heavy atom. The van der Waals surface area contributed by atoms with E-state index in [1.807, 2.05) is 27.7 Å². The fourth-order valence-electron chi connectivity index (χ4n) is 2.96. The number of aromatic hydroxyl groups is 1. The third-order valence-corrected chi connectivity index (χ3v) is 4.84. The minimum absolute atomic E-state index is 0.104. The van der Waals surface area contributed by atoms with Crippen LogP contribution in [0.4, 0.5) is 0 Å². The number of amides is 1. The third-order valence-electron chi connectivity index (χ3n) is 4.35. The molecule has 0 aliphatic carbocycles. The number of carbonyl (C=O) groups is 2. The first-order valence-electron chi connectivity index (χ1n) is 11.1. The lowest BCUT2D eigenvalue weighted by atomic mass is 10.1. The van der Waals surface area contributed by atoms with Crippen molar-refractivity contribution in [1.82, 2.24) is 10.2 Å². The lowest BCUT2D eigenvalue weighted by Crippen LogP contribution is -2.18. The van der Waals surface area contributed by atoms with Crippen molar-refractivity contribution in [2.45, 2.75) is 53.6 Å². The second kappa shape index (κ2) is 18.2. The maximum atomic E-state index is 11.1. The van der Waals surface area contributed by atoms with E-state index in [1.54, 1.807) is 6.07 Å². The molecular formula is C25H37BrN2O4. The van der Waals surface area contributed by atoms with Gasteiger partial charge in [0.2, 0.25) is 6.41 Å². The van der Waals surface area contributed by atoms with Crippen molar-refractivity contribution in [3.8, 4) is 5.75 Å². The van der Waals surface area contributed by atoms with Gasteiger partial charge in [0, 0.05) is 17.6 Å². The zero-order valence-corrected chi connectivity index (χ0v) is 21.4. The average molecular weight is 509 g/mol. The molecular weight excluding hydrogens is 472 g/mol. The molecule has 0 atom stereocenters. The monoisotopic (exact) mass is 508 g/mol. The first kappa shape index (κ1) is 29.6. The Kier molecular flexibility index (Phi) is 16.9. The van der Waals surface area contributed by atoms with Gasteiger partial charge in [0.1, 0.15) is 11.3 Å². The highest BCUT2D eigenvalue weighted by molar-refractivity contribution is 9.10. The highest BCUT2D eigenvalue weighted by Crippen LogP contribution is 2.19. The van der Waals surface area contributed by atoms with Gasteiger partial charge in [-0.1, -0.05) is 61.8 Å². The second-order valence-corrected chi connectivity index (χ2v) is 7.37. The van der Waals surface area contributed by atoms with Crippen LogP contribution in [-0.2, 0) is 22.6 Å². The molecule has 2 N–H and O–H groups in total. The summed E-state index contributed by atoms with van der Waals surface area (Å²) < 4.78 is 5.65. The highest BCUT2D eigenvalue weighted by Gasteiger charge is 2.12. The van der Waals surface area contributed by atoms with Crippen LogP contribution in [0.5, 0.6) is 5.75 Å².